The maximum absolute atomic E-state index is 13.3. The van der Waals surface area contributed by atoms with Crippen LogP contribution in [0.3, 0.4) is 0 Å². The van der Waals surface area contributed by atoms with Crippen LogP contribution in [0.1, 0.15) is 36.5 Å². The van der Waals surface area contributed by atoms with Crippen molar-refractivity contribution in [1.82, 2.24) is 20.1 Å². The number of hydrogen-bond acceptors (Lipinski definition) is 4. The molecule has 0 bridgehead atoms. The SMILES string of the molecule is Cc1cc(CNC(=O)CSc2nncn2-c2ccc(C(C)C)cc2)ccc1F. The number of thioether (sulfide) groups is 1. The number of halogens is 1. The molecule has 146 valence electrons. The lowest BCUT2D eigenvalue weighted by atomic mass is 10.0. The van der Waals surface area contributed by atoms with Gasteiger partial charge in [0.15, 0.2) is 5.16 Å². The highest BCUT2D eigenvalue weighted by Crippen LogP contribution is 2.21. The molecular formula is C21H23FN4OS. The normalized spacial score (nSPS) is 11.0. The Balaban J connectivity index is 1.57. The van der Waals surface area contributed by atoms with Gasteiger partial charge >= 0.3 is 0 Å². The van der Waals surface area contributed by atoms with Crippen molar-refractivity contribution in [2.75, 3.05) is 5.75 Å². The minimum absolute atomic E-state index is 0.114. The van der Waals surface area contributed by atoms with Gasteiger partial charge in [-0.3, -0.25) is 9.36 Å². The Bertz CT molecular complexity index is 953. The van der Waals surface area contributed by atoms with Gasteiger partial charge in [0.2, 0.25) is 5.91 Å². The van der Waals surface area contributed by atoms with Crippen molar-refractivity contribution in [1.29, 1.82) is 0 Å². The van der Waals surface area contributed by atoms with Crippen molar-refractivity contribution in [3.63, 3.8) is 0 Å². The van der Waals surface area contributed by atoms with Gasteiger partial charge in [-0.15, -0.1) is 10.2 Å². The van der Waals surface area contributed by atoms with Crippen molar-refractivity contribution in [2.24, 2.45) is 0 Å². The third-order valence-corrected chi connectivity index (χ3v) is 5.34. The second-order valence-electron chi connectivity index (χ2n) is 6.88. The van der Waals surface area contributed by atoms with E-state index in [2.05, 4.69) is 41.5 Å². The summed E-state index contributed by atoms with van der Waals surface area (Å²) in [5, 5.41) is 11.6. The Hall–Kier alpha value is -2.67. The largest absolute Gasteiger partial charge is 0.351 e. The number of carbonyl (C=O) groups is 1. The van der Waals surface area contributed by atoms with E-state index < -0.39 is 0 Å². The number of rotatable bonds is 7. The first kappa shape index (κ1) is 20.1. The van der Waals surface area contributed by atoms with Gasteiger partial charge in [0, 0.05) is 12.2 Å². The van der Waals surface area contributed by atoms with E-state index in [0.717, 1.165) is 11.3 Å². The van der Waals surface area contributed by atoms with Crippen molar-refractivity contribution < 1.29 is 9.18 Å². The molecule has 0 radical (unpaired) electrons. The molecule has 0 fully saturated rings. The van der Waals surface area contributed by atoms with Crippen LogP contribution < -0.4 is 5.32 Å². The van der Waals surface area contributed by atoms with E-state index in [-0.39, 0.29) is 17.5 Å². The number of carbonyl (C=O) groups excluding carboxylic acids is 1. The minimum Gasteiger partial charge on any atom is -0.351 e. The molecule has 2 aromatic carbocycles. The predicted octanol–water partition coefficient (Wildman–Crippen LogP) is 4.25. The lowest BCUT2D eigenvalue weighted by Gasteiger charge is -2.09. The zero-order valence-electron chi connectivity index (χ0n) is 16.1. The van der Waals surface area contributed by atoms with Crippen LogP contribution in [0, 0.1) is 12.7 Å². The molecule has 0 spiro atoms. The average Bonchev–Trinajstić information content (AvgIpc) is 3.16. The Kier molecular flexibility index (Phi) is 6.46. The summed E-state index contributed by atoms with van der Waals surface area (Å²) < 4.78 is 15.2. The first-order valence-electron chi connectivity index (χ1n) is 9.09. The summed E-state index contributed by atoms with van der Waals surface area (Å²) in [4.78, 5) is 12.2. The fraction of sp³-hybridized carbons (Fsp3) is 0.286. The molecule has 1 aromatic heterocycles. The summed E-state index contributed by atoms with van der Waals surface area (Å²) in [6.07, 6.45) is 1.64. The number of aromatic nitrogens is 3. The van der Waals surface area contributed by atoms with E-state index in [9.17, 15) is 9.18 Å². The number of amides is 1. The molecule has 0 aliphatic rings. The maximum atomic E-state index is 13.3. The van der Waals surface area contributed by atoms with E-state index in [0.29, 0.717) is 23.2 Å². The Labute approximate surface area is 168 Å². The quantitative estimate of drug-likeness (QED) is 0.605. The Morgan fingerprint density at radius 2 is 1.96 bits per heavy atom. The van der Waals surface area contributed by atoms with Gasteiger partial charge in [-0.1, -0.05) is 49.9 Å². The van der Waals surface area contributed by atoms with Crippen LogP contribution in [0.15, 0.2) is 53.9 Å². The fourth-order valence-electron chi connectivity index (χ4n) is 2.72. The van der Waals surface area contributed by atoms with Crippen molar-refractivity contribution in [3.8, 4) is 5.69 Å². The number of benzene rings is 2. The van der Waals surface area contributed by atoms with Crippen LogP contribution in [0.2, 0.25) is 0 Å². The van der Waals surface area contributed by atoms with Crippen LogP contribution in [-0.2, 0) is 11.3 Å². The number of nitrogens with zero attached hydrogens (tertiary/aromatic N) is 3. The summed E-state index contributed by atoms with van der Waals surface area (Å²) in [5.74, 6) is 0.337. The first-order chi connectivity index (χ1) is 13.4. The summed E-state index contributed by atoms with van der Waals surface area (Å²) in [5.41, 5.74) is 3.66. The summed E-state index contributed by atoms with van der Waals surface area (Å²) in [6.45, 7) is 6.38. The van der Waals surface area contributed by atoms with Crippen LogP contribution in [-0.4, -0.2) is 26.4 Å². The zero-order valence-corrected chi connectivity index (χ0v) is 17.0. The van der Waals surface area contributed by atoms with Crippen molar-refractivity contribution in [3.05, 3.63) is 71.3 Å². The van der Waals surface area contributed by atoms with Gasteiger partial charge in [0.05, 0.1) is 5.75 Å². The van der Waals surface area contributed by atoms with Crippen LogP contribution in [0.25, 0.3) is 5.69 Å². The Morgan fingerprint density at radius 1 is 1.21 bits per heavy atom. The standard InChI is InChI=1S/C21H23FN4OS/c1-14(2)17-5-7-18(8-6-17)26-13-24-25-21(26)28-12-20(27)23-11-16-4-9-19(22)15(3)10-16/h4-10,13-14H,11-12H2,1-3H3,(H,23,27). The molecule has 0 aliphatic heterocycles. The monoisotopic (exact) mass is 398 g/mol. The van der Waals surface area contributed by atoms with E-state index >= 15 is 0 Å². The first-order valence-corrected chi connectivity index (χ1v) is 10.1. The van der Waals surface area contributed by atoms with E-state index in [1.165, 1.54) is 23.4 Å². The molecular weight excluding hydrogens is 375 g/mol. The highest BCUT2D eigenvalue weighted by atomic mass is 32.2. The molecule has 1 N–H and O–H groups in total. The lowest BCUT2D eigenvalue weighted by Crippen LogP contribution is -2.24. The molecule has 0 aliphatic carbocycles. The molecule has 0 atom stereocenters. The summed E-state index contributed by atoms with van der Waals surface area (Å²) in [6, 6.07) is 13.1. The van der Waals surface area contributed by atoms with Crippen LogP contribution in [0.4, 0.5) is 4.39 Å². The third kappa shape index (κ3) is 4.98. The third-order valence-electron chi connectivity index (χ3n) is 4.40. The maximum Gasteiger partial charge on any atom is 0.230 e. The molecule has 0 unspecified atom stereocenters. The molecule has 7 heteroatoms. The van der Waals surface area contributed by atoms with Crippen LogP contribution >= 0.6 is 11.8 Å². The van der Waals surface area contributed by atoms with Gasteiger partial charge < -0.3 is 5.32 Å². The van der Waals surface area contributed by atoms with Crippen LogP contribution in [0.5, 0.6) is 0 Å². The van der Waals surface area contributed by atoms with Gasteiger partial charge in [0.25, 0.3) is 0 Å². The molecule has 5 nitrogen and oxygen atoms in total. The van der Waals surface area contributed by atoms with E-state index in [1.54, 1.807) is 25.4 Å². The summed E-state index contributed by atoms with van der Waals surface area (Å²) in [7, 11) is 0. The minimum atomic E-state index is -0.244. The predicted molar refractivity (Wildman–Crippen MR) is 109 cm³/mol. The number of nitrogens with one attached hydrogen (secondary N) is 1. The van der Waals surface area contributed by atoms with Gasteiger partial charge in [-0.25, -0.2) is 4.39 Å². The fourth-order valence-corrected chi connectivity index (χ4v) is 3.48. The van der Waals surface area contributed by atoms with Gasteiger partial charge in [0.1, 0.15) is 12.1 Å². The summed E-state index contributed by atoms with van der Waals surface area (Å²) >= 11 is 1.33. The Morgan fingerprint density at radius 3 is 2.64 bits per heavy atom. The molecule has 0 saturated heterocycles. The van der Waals surface area contributed by atoms with Gasteiger partial charge in [-0.05, 0) is 47.7 Å². The van der Waals surface area contributed by atoms with E-state index in [1.807, 2.05) is 16.7 Å². The molecule has 1 heterocycles. The smallest absolute Gasteiger partial charge is 0.230 e. The molecule has 0 saturated carbocycles. The molecule has 3 rings (SSSR count). The second kappa shape index (κ2) is 9.01. The molecule has 3 aromatic rings. The van der Waals surface area contributed by atoms with Gasteiger partial charge in [-0.2, -0.15) is 0 Å². The average molecular weight is 399 g/mol. The number of hydrogen-bond donors (Lipinski definition) is 1. The molecule has 28 heavy (non-hydrogen) atoms. The molecule has 1 amide bonds. The highest BCUT2D eigenvalue weighted by molar-refractivity contribution is 7.99. The zero-order chi connectivity index (χ0) is 20.1. The van der Waals surface area contributed by atoms with E-state index in [4.69, 9.17) is 0 Å². The highest BCUT2D eigenvalue weighted by Gasteiger charge is 2.11. The van der Waals surface area contributed by atoms with Crippen molar-refractivity contribution in [2.45, 2.75) is 38.4 Å². The van der Waals surface area contributed by atoms with Crippen molar-refractivity contribution >= 4 is 17.7 Å². The number of aryl methyl sites for hydroxylation is 1. The second-order valence-corrected chi connectivity index (χ2v) is 7.82. The lowest BCUT2D eigenvalue weighted by molar-refractivity contribution is -0.118. The topological polar surface area (TPSA) is 59.8 Å².